The zero-order valence-corrected chi connectivity index (χ0v) is 19.8. The van der Waals surface area contributed by atoms with E-state index >= 15 is 0 Å². The van der Waals surface area contributed by atoms with Crippen molar-refractivity contribution in [1.82, 2.24) is 19.6 Å². The molecule has 0 aliphatic heterocycles. The molecule has 5 N–H and O–H groups in total. The summed E-state index contributed by atoms with van der Waals surface area (Å²) in [5.74, 6) is 0. The first-order chi connectivity index (χ1) is 17.3. The molecule has 8 nitrogen and oxygen atoms in total. The van der Waals surface area contributed by atoms with Crippen molar-refractivity contribution in [3.8, 4) is 22.4 Å². The van der Waals surface area contributed by atoms with Crippen LogP contribution in [0.3, 0.4) is 0 Å². The summed E-state index contributed by atoms with van der Waals surface area (Å²) in [5.41, 5.74) is 11.4. The molecule has 0 unspecified atom stereocenters. The maximum Gasteiger partial charge on any atom is 0.165 e. The van der Waals surface area contributed by atoms with Gasteiger partial charge in [-0.05, 0) is 24.1 Å². The predicted molar refractivity (Wildman–Crippen MR) is 137 cm³/mol. The van der Waals surface area contributed by atoms with E-state index in [4.69, 9.17) is 10.7 Å². The highest BCUT2D eigenvalue weighted by molar-refractivity contribution is 5.90. The molecule has 3 aromatic heterocycles. The minimum atomic E-state index is -1.37. The molecule has 0 amide bonds. The molecule has 0 saturated heterocycles. The van der Waals surface area contributed by atoms with E-state index in [-0.39, 0.29) is 12.8 Å². The first-order valence-corrected chi connectivity index (χ1v) is 11.9. The molecular weight excluding hydrogens is 454 g/mol. The van der Waals surface area contributed by atoms with Crippen LogP contribution in [0.4, 0.5) is 0 Å². The van der Waals surface area contributed by atoms with Crippen LogP contribution in [-0.2, 0) is 5.54 Å². The molecule has 2 aromatic carbocycles. The molecule has 1 atom stereocenters. The summed E-state index contributed by atoms with van der Waals surface area (Å²) in [7, 11) is 0. The van der Waals surface area contributed by atoms with Gasteiger partial charge in [-0.3, -0.25) is 0 Å². The Morgan fingerprint density at radius 3 is 2.44 bits per heavy atom. The van der Waals surface area contributed by atoms with E-state index in [1.165, 1.54) is 0 Å². The second-order valence-corrected chi connectivity index (χ2v) is 9.87. The van der Waals surface area contributed by atoms with Gasteiger partial charge in [0.05, 0.1) is 23.6 Å². The average molecular weight is 482 g/mol. The maximum absolute atomic E-state index is 10.5. The smallest absolute Gasteiger partial charge is 0.165 e. The predicted octanol–water partition coefficient (Wildman–Crippen LogP) is 2.95. The van der Waals surface area contributed by atoms with E-state index in [1.807, 2.05) is 61.7 Å². The Morgan fingerprint density at radius 2 is 1.75 bits per heavy atom. The minimum absolute atomic E-state index is 0.175. The molecule has 36 heavy (non-hydrogen) atoms. The van der Waals surface area contributed by atoms with Gasteiger partial charge in [0, 0.05) is 47.2 Å². The Kier molecular flexibility index (Phi) is 5.17. The molecule has 8 heteroatoms. The summed E-state index contributed by atoms with van der Waals surface area (Å²) < 4.78 is 1.77. The lowest BCUT2D eigenvalue weighted by molar-refractivity contribution is -0.173. The molecule has 182 valence electrons. The van der Waals surface area contributed by atoms with Crippen LogP contribution < -0.4 is 5.73 Å². The first kappa shape index (κ1) is 22.8. The average Bonchev–Trinajstić information content (AvgIpc) is 3.28. The second-order valence-electron chi connectivity index (χ2n) is 9.87. The molecule has 1 aliphatic carbocycles. The Bertz CT molecular complexity index is 1570. The monoisotopic (exact) mass is 481 g/mol. The summed E-state index contributed by atoms with van der Waals surface area (Å²) in [6, 6.07) is 22.0. The number of nitrogens with two attached hydrogens (primary N) is 1. The SMILES string of the molecule is Cc1cc2ncc3cc(-c4ccccc4)c(-c4ccc(C5(N)CC(O)([C@H](O)CO)C5)cc4)nc3n2n1. The third-order valence-corrected chi connectivity index (χ3v) is 7.23. The number of nitrogens with zero attached hydrogens (tertiary/aromatic N) is 4. The number of hydrogen-bond acceptors (Lipinski definition) is 7. The first-order valence-electron chi connectivity index (χ1n) is 11.9. The fourth-order valence-electron chi connectivity index (χ4n) is 5.32. The molecule has 0 radical (unpaired) electrons. The second kappa shape index (κ2) is 8.18. The molecular formula is C28H27N5O3. The fourth-order valence-corrected chi connectivity index (χ4v) is 5.32. The zero-order chi connectivity index (χ0) is 25.1. The summed E-state index contributed by atoms with van der Waals surface area (Å²) in [5, 5.41) is 35.2. The number of pyridine rings is 1. The zero-order valence-electron chi connectivity index (χ0n) is 19.8. The summed E-state index contributed by atoms with van der Waals surface area (Å²) in [4.78, 5) is 9.62. The molecule has 3 heterocycles. The lowest BCUT2D eigenvalue weighted by Gasteiger charge is -2.53. The van der Waals surface area contributed by atoms with Crippen LogP contribution >= 0.6 is 0 Å². The highest BCUT2D eigenvalue weighted by Gasteiger charge is 2.56. The van der Waals surface area contributed by atoms with Crippen molar-refractivity contribution in [2.45, 2.75) is 37.0 Å². The van der Waals surface area contributed by atoms with Crippen molar-refractivity contribution < 1.29 is 15.3 Å². The van der Waals surface area contributed by atoms with Gasteiger partial charge in [-0.2, -0.15) is 9.61 Å². The van der Waals surface area contributed by atoms with E-state index in [2.05, 4.69) is 28.3 Å². The Balaban J connectivity index is 1.45. The summed E-state index contributed by atoms with van der Waals surface area (Å²) in [6.45, 7) is 1.43. The molecule has 0 bridgehead atoms. The highest BCUT2D eigenvalue weighted by atomic mass is 16.4. The molecule has 1 saturated carbocycles. The summed E-state index contributed by atoms with van der Waals surface area (Å²) in [6.07, 6.45) is 0.970. The largest absolute Gasteiger partial charge is 0.394 e. The number of benzene rings is 2. The van der Waals surface area contributed by atoms with Crippen LogP contribution in [0.5, 0.6) is 0 Å². The van der Waals surface area contributed by atoms with E-state index in [1.54, 1.807) is 4.52 Å². The van der Waals surface area contributed by atoms with Gasteiger partial charge in [0.2, 0.25) is 0 Å². The van der Waals surface area contributed by atoms with Gasteiger partial charge in [-0.1, -0.05) is 54.6 Å². The third-order valence-electron chi connectivity index (χ3n) is 7.23. The van der Waals surface area contributed by atoms with Gasteiger partial charge in [-0.25, -0.2) is 9.97 Å². The number of rotatable bonds is 5. The van der Waals surface area contributed by atoms with Crippen molar-refractivity contribution >= 4 is 16.7 Å². The van der Waals surface area contributed by atoms with E-state index in [9.17, 15) is 15.3 Å². The van der Waals surface area contributed by atoms with E-state index in [0.717, 1.165) is 50.3 Å². The van der Waals surface area contributed by atoms with Crippen LogP contribution in [0.15, 0.2) is 72.9 Å². The van der Waals surface area contributed by atoms with Crippen molar-refractivity contribution in [3.63, 3.8) is 0 Å². The van der Waals surface area contributed by atoms with Crippen LogP contribution in [0.1, 0.15) is 24.1 Å². The van der Waals surface area contributed by atoms with Gasteiger partial charge in [0.15, 0.2) is 11.3 Å². The Labute approximate surface area is 207 Å². The van der Waals surface area contributed by atoms with Gasteiger partial charge in [0.1, 0.15) is 6.10 Å². The number of hydrogen-bond donors (Lipinski definition) is 4. The van der Waals surface area contributed by atoms with Crippen LogP contribution in [0.25, 0.3) is 39.1 Å². The van der Waals surface area contributed by atoms with E-state index < -0.39 is 23.9 Å². The highest BCUT2D eigenvalue weighted by Crippen LogP contribution is 2.48. The van der Waals surface area contributed by atoms with Crippen LogP contribution in [-0.4, -0.2) is 53.2 Å². The standard InChI is InChI=1S/C28H27N5O3/c1-17-11-24-30-13-20-12-22(18-5-3-2-4-6-18)25(31-26(20)33(24)32-17)19-7-9-21(10-8-19)27(29)15-28(36,16-27)23(35)14-34/h2-13,23,34-36H,14-16,29H2,1H3/t23-,27?,28?/m1/s1. The molecule has 5 aromatic rings. The topological polar surface area (TPSA) is 130 Å². The van der Waals surface area contributed by atoms with E-state index in [0.29, 0.717) is 0 Å². The quantitative estimate of drug-likeness (QED) is 0.304. The number of aliphatic hydroxyl groups excluding tert-OH is 2. The van der Waals surface area contributed by atoms with Crippen LogP contribution in [0.2, 0.25) is 0 Å². The van der Waals surface area contributed by atoms with Crippen molar-refractivity contribution in [2.75, 3.05) is 6.61 Å². The summed E-state index contributed by atoms with van der Waals surface area (Å²) >= 11 is 0. The molecule has 1 fully saturated rings. The number of aliphatic hydroxyl groups is 3. The normalized spacial score (nSPS) is 22.6. The van der Waals surface area contributed by atoms with Gasteiger partial charge in [0.25, 0.3) is 0 Å². The molecule has 1 aliphatic rings. The minimum Gasteiger partial charge on any atom is -0.394 e. The molecule has 0 spiro atoms. The fraction of sp³-hybridized carbons (Fsp3) is 0.250. The van der Waals surface area contributed by atoms with Crippen LogP contribution in [0, 0.1) is 6.92 Å². The van der Waals surface area contributed by atoms with Gasteiger partial charge < -0.3 is 21.1 Å². The van der Waals surface area contributed by atoms with Crippen molar-refractivity contribution in [2.24, 2.45) is 5.73 Å². The van der Waals surface area contributed by atoms with Gasteiger partial charge >= 0.3 is 0 Å². The third kappa shape index (κ3) is 3.58. The van der Waals surface area contributed by atoms with Gasteiger partial charge in [-0.15, -0.1) is 0 Å². The Morgan fingerprint density at radius 1 is 1.03 bits per heavy atom. The lowest BCUT2D eigenvalue weighted by Crippen LogP contribution is -2.65. The Hall–Kier alpha value is -3.69. The van der Waals surface area contributed by atoms with Crippen molar-refractivity contribution in [3.05, 3.63) is 84.2 Å². The number of aromatic nitrogens is 4. The number of fused-ring (bicyclic) bond motifs is 3. The number of aryl methyl sites for hydroxylation is 1. The molecule has 6 rings (SSSR count). The lowest BCUT2D eigenvalue weighted by atomic mass is 9.60. The maximum atomic E-state index is 10.5. The van der Waals surface area contributed by atoms with Crippen molar-refractivity contribution in [1.29, 1.82) is 0 Å².